The van der Waals surface area contributed by atoms with Gasteiger partial charge in [-0.15, -0.1) is 0 Å². The van der Waals surface area contributed by atoms with Gasteiger partial charge in [-0.1, -0.05) is 28.1 Å². The van der Waals surface area contributed by atoms with Crippen LogP contribution in [0.15, 0.2) is 39.4 Å². The van der Waals surface area contributed by atoms with Crippen LogP contribution in [0, 0.1) is 0 Å². The van der Waals surface area contributed by atoms with Gasteiger partial charge in [-0.2, -0.15) is 4.98 Å². The van der Waals surface area contributed by atoms with Crippen molar-refractivity contribution in [2.24, 2.45) is 0 Å². The maximum Gasteiger partial charge on any atom is 0.224 e. The highest BCUT2D eigenvalue weighted by molar-refractivity contribution is 9.10. The molecule has 0 saturated heterocycles. The predicted molar refractivity (Wildman–Crippen MR) is 85.4 cm³/mol. The third kappa shape index (κ3) is 4.18. The van der Waals surface area contributed by atoms with Gasteiger partial charge in [0.05, 0.1) is 4.47 Å². The van der Waals surface area contributed by atoms with Crippen LogP contribution in [0.4, 0.5) is 11.8 Å². The van der Waals surface area contributed by atoms with Crippen LogP contribution < -0.4 is 10.6 Å². The summed E-state index contributed by atoms with van der Waals surface area (Å²) in [5, 5.41) is 6.39. The molecule has 2 aromatic rings. The highest BCUT2D eigenvalue weighted by Gasteiger charge is 2.04. The molecule has 2 rings (SSSR count). The van der Waals surface area contributed by atoms with Gasteiger partial charge in [-0.3, -0.25) is 0 Å². The van der Waals surface area contributed by atoms with Crippen molar-refractivity contribution >= 4 is 43.6 Å². The number of anilines is 2. The largest absolute Gasteiger partial charge is 0.365 e. The minimum Gasteiger partial charge on any atom is -0.365 e. The summed E-state index contributed by atoms with van der Waals surface area (Å²) in [5.74, 6) is 1.41. The van der Waals surface area contributed by atoms with Crippen molar-refractivity contribution in [2.75, 3.05) is 17.2 Å². The van der Waals surface area contributed by atoms with E-state index in [2.05, 4.69) is 64.6 Å². The van der Waals surface area contributed by atoms with Gasteiger partial charge in [0.25, 0.3) is 0 Å². The van der Waals surface area contributed by atoms with Gasteiger partial charge in [0.2, 0.25) is 5.95 Å². The first kappa shape index (κ1) is 14.3. The Morgan fingerprint density at radius 3 is 2.53 bits per heavy atom. The van der Waals surface area contributed by atoms with E-state index in [1.807, 2.05) is 19.1 Å². The third-order valence-corrected chi connectivity index (χ3v) is 3.56. The second-order valence-corrected chi connectivity index (χ2v) is 5.67. The fraction of sp³-hybridized carbons (Fsp3) is 0.231. The Morgan fingerprint density at radius 2 is 1.84 bits per heavy atom. The lowest BCUT2D eigenvalue weighted by Gasteiger charge is -2.09. The van der Waals surface area contributed by atoms with E-state index in [1.54, 1.807) is 6.20 Å². The smallest absolute Gasteiger partial charge is 0.224 e. The van der Waals surface area contributed by atoms with Gasteiger partial charge in [0, 0.05) is 23.8 Å². The fourth-order valence-corrected chi connectivity index (χ4v) is 2.12. The summed E-state index contributed by atoms with van der Waals surface area (Å²) in [5.41, 5.74) is 1.19. The molecule has 0 bridgehead atoms. The molecule has 6 heteroatoms. The first-order chi connectivity index (χ1) is 9.19. The first-order valence-corrected chi connectivity index (χ1v) is 7.52. The lowest BCUT2D eigenvalue weighted by molar-refractivity contribution is 1.04. The molecule has 4 nitrogen and oxygen atoms in total. The molecule has 19 heavy (non-hydrogen) atoms. The van der Waals surface area contributed by atoms with Gasteiger partial charge >= 0.3 is 0 Å². The average molecular weight is 386 g/mol. The molecular formula is C13H14Br2N4. The number of halogens is 2. The number of hydrogen-bond donors (Lipinski definition) is 2. The average Bonchev–Trinajstić information content (AvgIpc) is 2.41. The molecule has 0 aliphatic carbocycles. The molecule has 0 unspecified atom stereocenters. The van der Waals surface area contributed by atoms with Crippen molar-refractivity contribution in [1.82, 2.24) is 9.97 Å². The van der Waals surface area contributed by atoms with E-state index >= 15 is 0 Å². The Bertz CT molecular complexity index is 543. The van der Waals surface area contributed by atoms with Crippen molar-refractivity contribution in [1.29, 1.82) is 0 Å². The van der Waals surface area contributed by atoms with Crippen LogP contribution in [0.1, 0.15) is 12.5 Å². The van der Waals surface area contributed by atoms with Gasteiger partial charge < -0.3 is 10.6 Å². The molecule has 0 aliphatic heterocycles. The fourth-order valence-electron chi connectivity index (χ4n) is 1.52. The highest BCUT2D eigenvalue weighted by atomic mass is 79.9. The van der Waals surface area contributed by atoms with Crippen molar-refractivity contribution in [3.63, 3.8) is 0 Å². The predicted octanol–water partition coefficient (Wildman–Crippen LogP) is 4.05. The van der Waals surface area contributed by atoms with Gasteiger partial charge in [-0.05, 0) is 40.5 Å². The maximum absolute atomic E-state index is 4.41. The van der Waals surface area contributed by atoms with Gasteiger partial charge in [-0.25, -0.2) is 4.98 Å². The number of nitrogens with one attached hydrogen (secondary N) is 2. The van der Waals surface area contributed by atoms with Crippen LogP contribution in [-0.4, -0.2) is 16.5 Å². The van der Waals surface area contributed by atoms with Crippen LogP contribution in [0.3, 0.4) is 0 Å². The molecule has 0 aliphatic rings. The topological polar surface area (TPSA) is 49.8 Å². The number of nitrogens with zero attached hydrogens (tertiary/aromatic N) is 2. The molecule has 0 spiro atoms. The first-order valence-electron chi connectivity index (χ1n) is 5.93. The summed E-state index contributed by atoms with van der Waals surface area (Å²) in [6, 6.07) is 8.18. The molecular weight excluding hydrogens is 372 g/mol. The molecule has 1 aromatic heterocycles. The Labute approximate surface area is 129 Å². The molecule has 100 valence electrons. The second-order valence-electron chi connectivity index (χ2n) is 3.90. The standard InChI is InChI=1S/C13H14Br2N4/c1-2-16-13-18-8-11(15)12(19-13)17-7-9-3-5-10(14)6-4-9/h3-6,8H,2,7H2,1H3,(H2,16,17,18,19). The molecule has 0 atom stereocenters. The summed E-state index contributed by atoms with van der Waals surface area (Å²) in [6.07, 6.45) is 1.74. The number of aromatic nitrogens is 2. The number of hydrogen-bond acceptors (Lipinski definition) is 4. The third-order valence-electron chi connectivity index (χ3n) is 2.45. The molecule has 0 saturated carbocycles. The summed E-state index contributed by atoms with van der Waals surface area (Å²) < 4.78 is 1.93. The van der Waals surface area contributed by atoms with Gasteiger partial charge in [0.1, 0.15) is 5.82 Å². The number of rotatable bonds is 5. The van der Waals surface area contributed by atoms with Crippen molar-refractivity contribution in [3.05, 3.63) is 45.0 Å². The zero-order valence-electron chi connectivity index (χ0n) is 10.5. The van der Waals surface area contributed by atoms with Crippen LogP contribution in [0.25, 0.3) is 0 Å². The van der Waals surface area contributed by atoms with Crippen LogP contribution >= 0.6 is 31.9 Å². The van der Waals surface area contributed by atoms with Crippen molar-refractivity contribution < 1.29 is 0 Å². The SMILES string of the molecule is CCNc1ncc(Br)c(NCc2ccc(Br)cc2)n1. The minimum absolute atomic E-state index is 0.629. The van der Waals surface area contributed by atoms with E-state index in [4.69, 9.17) is 0 Å². The second kappa shape index (κ2) is 6.86. The molecule has 2 N–H and O–H groups in total. The molecule has 0 radical (unpaired) electrons. The van der Waals surface area contributed by atoms with E-state index in [-0.39, 0.29) is 0 Å². The van der Waals surface area contributed by atoms with Crippen molar-refractivity contribution in [3.8, 4) is 0 Å². The quantitative estimate of drug-likeness (QED) is 0.815. The van der Waals surface area contributed by atoms with E-state index in [1.165, 1.54) is 5.56 Å². The maximum atomic E-state index is 4.41. The summed E-state index contributed by atoms with van der Waals surface area (Å²) >= 11 is 6.87. The summed E-state index contributed by atoms with van der Waals surface area (Å²) in [7, 11) is 0. The Hall–Kier alpha value is -1.14. The van der Waals surface area contributed by atoms with Crippen molar-refractivity contribution in [2.45, 2.75) is 13.5 Å². The van der Waals surface area contributed by atoms with Crippen LogP contribution in [0.5, 0.6) is 0 Å². The summed E-state index contributed by atoms with van der Waals surface area (Å²) in [4.78, 5) is 8.59. The molecule has 1 heterocycles. The van der Waals surface area contributed by atoms with E-state index in [9.17, 15) is 0 Å². The zero-order chi connectivity index (χ0) is 13.7. The Balaban J connectivity index is 2.05. The molecule has 0 amide bonds. The summed E-state index contributed by atoms with van der Waals surface area (Å²) in [6.45, 7) is 3.53. The molecule has 1 aromatic carbocycles. The Kier molecular flexibility index (Phi) is 5.15. The minimum atomic E-state index is 0.629. The van der Waals surface area contributed by atoms with E-state index in [0.29, 0.717) is 12.5 Å². The van der Waals surface area contributed by atoms with E-state index in [0.717, 1.165) is 21.3 Å². The lowest BCUT2D eigenvalue weighted by Crippen LogP contribution is -2.07. The lowest BCUT2D eigenvalue weighted by atomic mass is 10.2. The highest BCUT2D eigenvalue weighted by Crippen LogP contribution is 2.21. The monoisotopic (exact) mass is 384 g/mol. The van der Waals surface area contributed by atoms with Crippen LogP contribution in [0.2, 0.25) is 0 Å². The van der Waals surface area contributed by atoms with Crippen LogP contribution in [-0.2, 0) is 6.54 Å². The van der Waals surface area contributed by atoms with E-state index < -0.39 is 0 Å². The normalized spacial score (nSPS) is 10.3. The zero-order valence-corrected chi connectivity index (χ0v) is 13.6. The molecule has 0 fully saturated rings. The Morgan fingerprint density at radius 1 is 1.11 bits per heavy atom. The van der Waals surface area contributed by atoms with Gasteiger partial charge in [0.15, 0.2) is 0 Å². The number of benzene rings is 1.